The first-order chi connectivity index (χ1) is 15.7. The summed E-state index contributed by atoms with van der Waals surface area (Å²) in [5.41, 5.74) is 3.82. The fourth-order valence-corrected chi connectivity index (χ4v) is 4.24. The molecule has 2 heterocycles. The second kappa shape index (κ2) is 8.67. The molecule has 0 aliphatic rings. The van der Waals surface area contributed by atoms with Gasteiger partial charge in [-0.15, -0.1) is 0 Å². The number of hydrogen-bond donors (Lipinski definition) is 2. The lowest BCUT2D eigenvalue weighted by molar-refractivity contribution is 0.0691. The molecule has 0 amide bonds. The lowest BCUT2D eigenvalue weighted by Gasteiger charge is -2.21. The number of pyridine rings is 1. The first kappa shape index (κ1) is 22.5. The molecule has 4 rings (SSSR count). The molecular weight excluding hydrogens is 440 g/mol. The van der Waals surface area contributed by atoms with E-state index in [4.69, 9.17) is 16.6 Å². The molecule has 0 spiro atoms. The Labute approximate surface area is 195 Å². The van der Waals surface area contributed by atoms with E-state index in [2.05, 4.69) is 10.3 Å². The first-order valence-corrected chi connectivity index (χ1v) is 10.8. The molecule has 0 bridgehead atoms. The third-order valence-corrected chi connectivity index (χ3v) is 5.80. The Morgan fingerprint density at radius 1 is 1.12 bits per heavy atom. The molecule has 1 atom stereocenters. The number of carbonyl (C=O) groups is 1. The number of nitrogens with zero attached hydrogens (tertiary/aromatic N) is 3. The highest BCUT2D eigenvalue weighted by Gasteiger charge is 2.21. The predicted octanol–water partition coefficient (Wildman–Crippen LogP) is 5.14. The van der Waals surface area contributed by atoms with E-state index in [1.54, 1.807) is 24.6 Å². The molecule has 2 aromatic heterocycles. The minimum Gasteiger partial charge on any atom is -0.476 e. The largest absolute Gasteiger partial charge is 0.476 e. The number of hydrogen-bond acceptors (Lipinski definition) is 5. The Kier molecular flexibility index (Phi) is 5.91. The quantitative estimate of drug-likeness (QED) is 0.399. The third-order valence-electron chi connectivity index (χ3n) is 5.60. The molecule has 0 aliphatic heterocycles. The number of aromatic carboxylic acids is 1. The minimum absolute atomic E-state index is 0.113. The summed E-state index contributed by atoms with van der Waals surface area (Å²) in [7, 11) is 1.71. The molecule has 2 aromatic carbocycles. The van der Waals surface area contributed by atoms with Crippen LogP contribution in [0.5, 0.6) is 0 Å². The normalized spacial score (nSPS) is 12.0. The fourth-order valence-electron chi connectivity index (χ4n) is 3.99. The van der Waals surface area contributed by atoms with Crippen molar-refractivity contribution in [3.8, 4) is 11.4 Å². The maximum absolute atomic E-state index is 13.2. The highest BCUT2D eigenvalue weighted by Crippen LogP contribution is 2.31. The van der Waals surface area contributed by atoms with Gasteiger partial charge in [-0.25, -0.2) is 14.8 Å². The fraction of sp³-hybridized carbons (Fsp3) is 0.200. The van der Waals surface area contributed by atoms with E-state index in [-0.39, 0.29) is 22.4 Å². The monoisotopic (exact) mass is 462 g/mol. The molecule has 4 aromatic rings. The Hall–Kier alpha value is -3.71. The van der Waals surface area contributed by atoms with Crippen molar-refractivity contribution in [2.45, 2.75) is 26.8 Å². The van der Waals surface area contributed by atoms with Gasteiger partial charge in [0, 0.05) is 18.2 Å². The Morgan fingerprint density at radius 3 is 2.48 bits per heavy atom. The zero-order chi connectivity index (χ0) is 23.9. The standard InChI is InChI=1S/C25H23ClN4O3/c1-13-10-17(15(3)27-20-14(2)12-19(26)28-22(20)25(32)33)21-18(11-13)24(31)30(4)23(29-21)16-8-6-5-7-9-16/h5-12,15,27H,1-4H3,(H,32,33)/t15-/m1/s1. The molecule has 0 saturated carbocycles. The van der Waals surface area contributed by atoms with Crippen molar-refractivity contribution >= 4 is 34.2 Å². The SMILES string of the molecule is Cc1cc([C@@H](C)Nc2c(C)cc(Cl)nc2C(=O)O)c2nc(-c3ccccc3)n(C)c(=O)c2c1. The molecule has 0 unspecified atom stereocenters. The average Bonchev–Trinajstić information content (AvgIpc) is 2.78. The van der Waals surface area contributed by atoms with Gasteiger partial charge in [0.25, 0.3) is 5.56 Å². The summed E-state index contributed by atoms with van der Waals surface area (Å²) in [4.78, 5) is 33.9. The lowest BCUT2D eigenvalue weighted by Crippen LogP contribution is -2.22. The predicted molar refractivity (Wildman–Crippen MR) is 130 cm³/mol. The number of aryl methyl sites for hydroxylation is 2. The number of rotatable bonds is 5. The Morgan fingerprint density at radius 2 is 1.82 bits per heavy atom. The van der Waals surface area contributed by atoms with Gasteiger partial charge in [-0.2, -0.15) is 0 Å². The van der Waals surface area contributed by atoms with Crippen LogP contribution in [-0.4, -0.2) is 25.6 Å². The van der Waals surface area contributed by atoms with E-state index in [9.17, 15) is 14.7 Å². The van der Waals surface area contributed by atoms with Gasteiger partial charge in [-0.1, -0.05) is 48.0 Å². The van der Waals surface area contributed by atoms with Crippen molar-refractivity contribution in [2.75, 3.05) is 5.32 Å². The first-order valence-electron chi connectivity index (χ1n) is 10.4. The molecule has 168 valence electrons. The second-order valence-electron chi connectivity index (χ2n) is 8.07. The zero-order valence-electron chi connectivity index (χ0n) is 18.7. The van der Waals surface area contributed by atoms with Gasteiger partial charge in [-0.3, -0.25) is 9.36 Å². The number of aromatic nitrogens is 3. The highest BCUT2D eigenvalue weighted by atomic mass is 35.5. The topological polar surface area (TPSA) is 97.1 Å². The molecular formula is C25H23ClN4O3. The van der Waals surface area contributed by atoms with E-state index in [0.29, 0.717) is 28.0 Å². The molecule has 0 aliphatic carbocycles. The van der Waals surface area contributed by atoms with E-state index < -0.39 is 5.97 Å². The summed E-state index contributed by atoms with van der Waals surface area (Å²) < 4.78 is 1.55. The molecule has 0 saturated heterocycles. The number of nitrogens with one attached hydrogen (secondary N) is 1. The molecule has 8 heteroatoms. The van der Waals surface area contributed by atoms with Crippen molar-refractivity contribution in [3.05, 3.63) is 86.4 Å². The van der Waals surface area contributed by atoms with Gasteiger partial charge in [-0.05, 0) is 44.0 Å². The van der Waals surface area contributed by atoms with Crippen LogP contribution in [0.2, 0.25) is 5.15 Å². The Balaban J connectivity index is 1.91. The zero-order valence-corrected chi connectivity index (χ0v) is 19.4. The molecule has 33 heavy (non-hydrogen) atoms. The summed E-state index contributed by atoms with van der Waals surface area (Å²) >= 11 is 5.98. The molecule has 0 fully saturated rings. The van der Waals surface area contributed by atoms with Crippen LogP contribution in [-0.2, 0) is 7.05 Å². The number of carboxylic acids is 1. The summed E-state index contributed by atoms with van der Waals surface area (Å²) in [6.45, 7) is 5.58. The van der Waals surface area contributed by atoms with Crippen molar-refractivity contribution in [1.29, 1.82) is 0 Å². The van der Waals surface area contributed by atoms with Crippen LogP contribution in [0, 0.1) is 13.8 Å². The van der Waals surface area contributed by atoms with Crippen LogP contribution >= 0.6 is 11.6 Å². The van der Waals surface area contributed by atoms with Gasteiger partial charge < -0.3 is 10.4 Å². The summed E-state index contributed by atoms with van der Waals surface area (Å²) in [5, 5.41) is 13.5. The summed E-state index contributed by atoms with van der Waals surface area (Å²) in [5.74, 6) is -0.622. The van der Waals surface area contributed by atoms with E-state index in [1.807, 2.05) is 56.3 Å². The van der Waals surface area contributed by atoms with E-state index >= 15 is 0 Å². The van der Waals surface area contributed by atoms with Gasteiger partial charge in [0.1, 0.15) is 11.0 Å². The van der Waals surface area contributed by atoms with E-state index in [0.717, 1.165) is 16.7 Å². The highest BCUT2D eigenvalue weighted by molar-refractivity contribution is 6.29. The number of halogens is 1. The minimum atomic E-state index is -1.18. The number of fused-ring (bicyclic) bond motifs is 1. The van der Waals surface area contributed by atoms with Crippen LogP contribution in [0.15, 0.2) is 53.3 Å². The number of carboxylic acid groups (broad SMARTS) is 1. The van der Waals surface area contributed by atoms with Gasteiger partial charge in [0.15, 0.2) is 5.69 Å². The van der Waals surface area contributed by atoms with Crippen LogP contribution in [0.4, 0.5) is 5.69 Å². The maximum Gasteiger partial charge on any atom is 0.356 e. The second-order valence-corrected chi connectivity index (χ2v) is 8.46. The molecule has 2 N–H and O–H groups in total. The summed E-state index contributed by atoms with van der Waals surface area (Å²) in [6.07, 6.45) is 0. The van der Waals surface area contributed by atoms with Gasteiger partial charge in [0.05, 0.1) is 22.6 Å². The van der Waals surface area contributed by atoms with Crippen molar-refractivity contribution in [3.63, 3.8) is 0 Å². The van der Waals surface area contributed by atoms with Crippen molar-refractivity contribution in [1.82, 2.24) is 14.5 Å². The van der Waals surface area contributed by atoms with Gasteiger partial charge >= 0.3 is 5.97 Å². The van der Waals surface area contributed by atoms with Crippen molar-refractivity contribution in [2.24, 2.45) is 7.05 Å². The van der Waals surface area contributed by atoms with Crippen LogP contribution in [0.25, 0.3) is 22.3 Å². The van der Waals surface area contributed by atoms with Crippen LogP contribution in [0.1, 0.15) is 40.1 Å². The van der Waals surface area contributed by atoms with Gasteiger partial charge in [0.2, 0.25) is 0 Å². The average molecular weight is 463 g/mol. The number of benzene rings is 2. The number of anilines is 1. The third kappa shape index (κ3) is 4.19. The molecule has 7 nitrogen and oxygen atoms in total. The maximum atomic E-state index is 13.2. The lowest BCUT2D eigenvalue weighted by atomic mass is 10.00. The van der Waals surface area contributed by atoms with Crippen LogP contribution in [0.3, 0.4) is 0 Å². The smallest absolute Gasteiger partial charge is 0.356 e. The Bertz CT molecular complexity index is 1450. The summed E-state index contributed by atoms with van der Waals surface area (Å²) in [6, 6.07) is 14.6. The van der Waals surface area contributed by atoms with E-state index in [1.165, 1.54) is 0 Å². The van der Waals surface area contributed by atoms with Crippen LogP contribution < -0.4 is 10.9 Å². The van der Waals surface area contributed by atoms with Crippen molar-refractivity contribution < 1.29 is 9.90 Å². The molecule has 0 radical (unpaired) electrons.